The van der Waals surface area contributed by atoms with Crippen molar-refractivity contribution in [2.24, 2.45) is 5.92 Å². The van der Waals surface area contributed by atoms with Gasteiger partial charge in [-0.3, -0.25) is 0 Å². The fourth-order valence-electron chi connectivity index (χ4n) is 1.46. The highest BCUT2D eigenvalue weighted by Crippen LogP contribution is 2.24. The summed E-state index contributed by atoms with van der Waals surface area (Å²) in [5, 5.41) is 9.09. The fraction of sp³-hybridized carbons (Fsp3) is 0.500. The summed E-state index contributed by atoms with van der Waals surface area (Å²) in [6.45, 7) is 5.54. The summed E-state index contributed by atoms with van der Waals surface area (Å²) in [4.78, 5) is 11.1. The third-order valence-corrected chi connectivity index (χ3v) is 2.35. The Morgan fingerprint density at radius 3 is 2.63 bits per heavy atom. The minimum absolute atomic E-state index is 0.0863. The molecule has 0 spiro atoms. The molecule has 1 rings (SSSR count). The van der Waals surface area contributed by atoms with E-state index in [0.29, 0.717) is 37.2 Å². The largest absolute Gasteiger partial charge is 0.497 e. The van der Waals surface area contributed by atoms with Gasteiger partial charge in [-0.25, -0.2) is 4.79 Å². The van der Waals surface area contributed by atoms with Gasteiger partial charge >= 0.3 is 5.97 Å². The van der Waals surface area contributed by atoms with Crippen molar-refractivity contribution in [3.05, 3.63) is 23.8 Å². The van der Waals surface area contributed by atoms with Gasteiger partial charge in [0, 0.05) is 6.61 Å². The predicted octanol–water partition coefficient (Wildman–Crippen LogP) is 2.44. The lowest BCUT2D eigenvalue weighted by atomic mass is 10.2. The molecule has 5 heteroatoms. The molecule has 19 heavy (non-hydrogen) atoms. The molecule has 1 N–H and O–H groups in total. The highest BCUT2D eigenvalue weighted by molar-refractivity contribution is 5.91. The lowest BCUT2D eigenvalue weighted by Crippen LogP contribution is -2.12. The molecule has 0 amide bonds. The van der Waals surface area contributed by atoms with Gasteiger partial charge in [0.25, 0.3) is 0 Å². The molecule has 0 saturated carbocycles. The van der Waals surface area contributed by atoms with Gasteiger partial charge < -0.3 is 19.3 Å². The topological polar surface area (TPSA) is 65.0 Å². The van der Waals surface area contributed by atoms with Gasteiger partial charge in [0.2, 0.25) is 0 Å². The maximum Gasteiger partial charge on any atom is 0.339 e. The Morgan fingerprint density at radius 1 is 1.32 bits per heavy atom. The van der Waals surface area contributed by atoms with Crippen LogP contribution in [0, 0.1) is 5.92 Å². The van der Waals surface area contributed by atoms with Gasteiger partial charge in [-0.15, -0.1) is 0 Å². The SMILES string of the molecule is COc1ccc(OCCOCC(C)C)c(C(=O)O)c1. The van der Waals surface area contributed by atoms with Crippen LogP contribution in [0.2, 0.25) is 0 Å². The van der Waals surface area contributed by atoms with Crippen LogP contribution in [0.3, 0.4) is 0 Å². The fourth-order valence-corrected chi connectivity index (χ4v) is 1.46. The Hall–Kier alpha value is -1.75. The van der Waals surface area contributed by atoms with E-state index < -0.39 is 5.97 Å². The number of carboxylic acid groups (broad SMARTS) is 1. The van der Waals surface area contributed by atoms with Gasteiger partial charge in [0.05, 0.1) is 13.7 Å². The van der Waals surface area contributed by atoms with Crippen molar-refractivity contribution in [3.8, 4) is 11.5 Å². The Labute approximate surface area is 113 Å². The van der Waals surface area contributed by atoms with Gasteiger partial charge in [0.15, 0.2) is 0 Å². The molecule has 0 saturated heterocycles. The number of hydrogen-bond acceptors (Lipinski definition) is 4. The van der Waals surface area contributed by atoms with E-state index in [1.165, 1.54) is 13.2 Å². The minimum Gasteiger partial charge on any atom is -0.497 e. The van der Waals surface area contributed by atoms with Crippen LogP contribution in [-0.4, -0.2) is 38.0 Å². The summed E-state index contributed by atoms with van der Waals surface area (Å²) < 4.78 is 15.8. The molecular formula is C14H20O5. The first kappa shape index (κ1) is 15.3. The monoisotopic (exact) mass is 268 g/mol. The highest BCUT2D eigenvalue weighted by Gasteiger charge is 2.12. The van der Waals surface area contributed by atoms with Crippen molar-refractivity contribution in [2.75, 3.05) is 26.9 Å². The standard InChI is InChI=1S/C14H20O5/c1-10(2)9-18-6-7-19-13-5-4-11(17-3)8-12(13)14(15)16/h4-5,8,10H,6-7,9H2,1-3H3,(H,15,16). The second-order valence-corrected chi connectivity index (χ2v) is 4.48. The molecule has 0 bridgehead atoms. The third kappa shape index (κ3) is 5.18. The molecule has 0 atom stereocenters. The van der Waals surface area contributed by atoms with Crippen molar-refractivity contribution >= 4 is 5.97 Å². The molecular weight excluding hydrogens is 248 g/mol. The first-order valence-corrected chi connectivity index (χ1v) is 6.16. The van der Waals surface area contributed by atoms with Gasteiger partial charge in [-0.2, -0.15) is 0 Å². The van der Waals surface area contributed by atoms with Gasteiger partial charge in [0.1, 0.15) is 23.7 Å². The number of carboxylic acids is 1. The summed E-state index contributed by atoms with van der Waals surface area (Å²) in [5.74, 6) is 0.231. The predicted molar refractivity (Wildman–Crippen MR) is 71.1 cm³/mol. The van der Waals surface area contributed by atoms with Crippen molar-refractivity contribution in [3.63, 3.8) is 0 Å². The van der Waals surface area contributed by atoms with Crippen LogP contribution in [-0.2, 0) is 4.74 Å². The van der Waals surface area contributed by atoms with Gasteiger partial charge in [-0.05, 0) is 24.1 Å². The summed E-state index contributed by atoms with van der Waals surface area (Å²) in [5.41, 5.74) is 0.0863. The molecule has 1 aromatic rings. The first-order chi connectivity index (χ1) is 9.04. The van der Waals surface area contributed by atoms with Crippen LogP contribution in [0.25, 0.3) is 0 Å². The zero-order valence-corrected chi connectivity index (χ0v) is 11.5. The summed E-state index contributed by atoms with van der Waals surface area (Å²) in [6.07, 6.45) is 0. The number of hydrogen-bond donors (Lipinski definition) is 1. The summed E-state index contributed by atoms with van der Waals surface area (Å²) in [6, 6.07) is 4.69. The van der Waals surface area contributed by atoms with Crippen LogP contribution in [0.15, 0.2) is 18.2 Å². The Kier molecular flexibility index (Phi) is 6.15. The first-order valence-electron chi connectivity index (χ1n) is 6.16. The molecule has 106 valence electrons. The Balaban J connectivity index is 2.55. The average Bonchev–Trinajstić information content (AvgIpc) is 2.38. The van der Waals surface area contributed by atoms with Crippen molar-refractivity contribution in [2.45, 2.75) is 13.8 Å². The molecule has 0 aliphatic carbocycles. The molecule has 0 heterocycles. The Bertz CT molecular complexity index is 414. The van der Waals surface area contributed by atoms with E-state index in [4.69, 9.17) is 19.3 Å². The zero-order chi connectivity index (χ0) is 14.3. The molecule has 1 aromatic carbocycles. The van der Waals surface area contributed by atoms with Crippen molar-refractivity contribution in [1.82, 2.24) is 0 Å². The molecule has 0 aliphatic rings. The summed E-state index contributed by atoms with van der Waals surface area (Å²) in [7, 11) is 1.49. The smallest absolute Gasteiger partial charge is 0.339 e. The van der Waals surface area contributed by atoms with E-state index in [1.54, 1.807) is 12.1 Å². The van der Waals surface area contributed by atoms with Crippen LogP contribution >= 0.6 is 0 Å². The number of aromatic carboxylic acids is 1. The second kappa shape index (κ2) is 7.63. The van der Waals surface area contributed by atoms with E-state index in [1.807, 2.05) is 0 Å². The maximum atomic E-state index is 11.1. The number of rotatable bonds is 8. The molecule has 5 nitrogen and oxygen atoms in total. The van der Waals surface area contributed by atoms with E-state index in [2.05, 4.69) is 13.8 Å². The molecule has 0 fully saturated rings. The molecule has 0 aliphatic heterocycles. The van der Waals surface area contributed by atoms with Crippen molar-refractivity contribution < 1.29 is 24.1 Å². The average molecular weight is 268 g/mol. The number of carbonyl (C=O) groups is 1. The maximum absolute atomic E-state index is 11.1. The minimum atomic E-state index is -1.04. The lowest BCUT2D eigenvalue weighted by Gasteiger charge is -2.11. The van der Waals surface area contributed by atoms with Gasteiger partial charge in [-0.1, -0.05) is 13.8 Å². The van der Waals surface area contributed by atoms with E-state index >= 15 is 0 Å². The van der Waals surface area contributed by atoms with Crippen LogP contribution in [0.1, 0.15) is 24.2 Å². The summed E-state index contributed by atoms with van der Waals surface area (Å²) >= 11 is 0. The van der Waals surface area contributed by atoms with Crippen LogP contribution in [0.5, 0.6) is 11.5 Å². The molecule has 0 unspecified atom stereocenters. The van der Waals surface area contributed by atoms with E-state index in [0.717, 1.165) is 0 Å². The zero-order valence-electron chi connectivity index (χ0n) is 11.5. The normalized spacial score (nSPS) is 10.5. The van der Waals surface area contributed by atoms with E-state index in [9.17, 15) is 4.79 Å². The number of benzene rings is 1. The van der Waals surface area contributed by atoms with E-state index in [-0.39, 0.29) is 5.56 Å². The third-order valence-electron chi connectivity index (χ3n) is 2.35. The highest BCUT2D eigenvalue weighted by atomic mass is 16.5. The molecule has 0 radical (unpaired) electrons. The molecule has 0 aromatic heterocycles. The van der Waals surface area contributed by atoms with Crippen LogP contribution < -0.4 is 9.47 Å². The second-order valence-electron chi connectivity index (χ2n) is 4.48. The van der Waals surface area contributed by atoms with Crippen molar-refractivity contribution in [1.29, 1.82) is 0 Å². The number of ether oxygens (including phenoxy) is 3. The van der Waals surface area contributed by atoms with Crippen LogP contribution in [0.4, 0.5) is 0 Å². The quantitative estimate of drug-likeness (QED) is 0.734. The number of methoxy groups -OCH3 is 1. The lowest BCUT2D eigenvalue weighted by molar-refractivity contribution is 0.0677. The Morgan fingerprint density at radius 2 is 2.05 bits per heavy atom.